The van der Waals surface area contributed by atoms with Gasteiger partial charge in [-0.2, -0.15) is 0 Å². The minimum Gasteiger partial charge on any atom is -0.444 e. The number of aromatic nitrogens is 2. The Labute approximate surface area is 135 Å². The number of likely N-dealkylation sites (tertiary alicyclic amines) is 1. The average Bonchev–Trinajstić information content (AvgIpc) is 2.85. The molecule has 0 saturated carbocycles. The number of nitrogens with zero attached hydrogens (tertiary/aromatic N) is 3. The maximum Gasteiger partial charge on any atom is 0.410 e. The van der Waals surface area contributed by atoms with Crippen LogP contribution in [0.15, 0.2) is 12.3 Å². The van der Waals surface area contributed by atoms with Gasteiger partial charge in [0.1, 0.15) is 5.60 Å². The molecule has 2 heterocycles. The van der Waals surface area contributed by atoms with Gasteiger partial charge in [0.05, 0.1) is 24.9 Å². The Kier molecular flexibility index (Phi) is 5.58. The fourth-order valence-electron chi connectivity index (χ4n) is 2.32. The van der Waals surface area contributed by atoms with Crippen LogP contribution < -0.4 is 0 Å². The maximum absolute atomic E-state index is 12.2. The molecular weight excluding hydrogens is 306 g/mol. The van der Waals surface area contributed by atoms with E-state index in [-0.39, 0.29) is 17.4 Å². The first kappa shape index (κ1) is 17.0. The summed E-state index contributed by atoms with van der Waals surface area (Å²) in [6.45, 7) is 7.12. The van der Waals surface area contributed by atoms with Crippen molar-refractivity contribution in [3.05, 3.63) is 23.2 Å². The first-order valence-electron chi connectivity index (χ1n) is 7.40. The molecule has 1 fully saturated rings. The fraction of sp³-hybridized carbons (Fsp3) is 0.667. The minimum atomic E-state index is -0.483. The first-order chi connectivity index (χ1) is 10.3. The monoisotopic (exact) mass is 327 g/mol. The van der Waals surface area contributed by atoms with E-state index in [0.717, 1.165) is 18.5 Å². The molecule has 7 heteroatoms. The molecule has 2 rings (SSSR count). The summed E-state index contributed by atoms with van der Waals surface area (Å²) in [5.74, 6) is 0. The zero-order chi connectivity index (χ0) is 16.2. The number of carbonyl (C=O) groups is 1. The van der Waals surface area contributed by atoms with Gasteiger partial charge in [-0.1, -0.05) is 0 Å². The van der Waals surface area contributed by atoms with Crippen molar-refractivity contribution in [3.8, 4) is 0 Å². The third-order valence-electron chi connectivity index (χ3n) is 3.25. The molecule has 1 unspecified atom stereocenters. The van der Waals surface area contributed by atoms with Crippen molar-refractivity contribution in [1.29, 1.82) is 0 Å². The zero-order valence-corrected chi connectivity index (χ0v) is 14.0. The number of hydrogen-bond acceptors (Lipinski definition) is 5. The van der Waals surface area contributed by atoms with Crippen LogP contribution in [-0.2, 0) is 16.1 Å². The van der Waals surface area contributed by atoms with E-state index in [1.165, 1.54) is 0 Å². The summed E-state index contributed by atoms with van der Waals surface area (Å²) in [6, 6.07) is 1.80. The van der Waals surface area contributed by atoms with Crippen LogP contribution in [-0.4, -0.2) is 45.8 Å². The van der Waals surface area contributed by atoms with Crippen LogP contribution in [0.5, 0.6) is 0 Å². The highest BCUT2D eigenvalue weighted by molar-refractivity contribution is 6.28. The molecule has 22 heavy (non-hydrogen) atoms. The molecule has 1 aromatic heterocycles. The Balaban J connectivity index is 1.82. The smallest absolute Gasteiger partial charge is 0.410 e. The van der Waals surface area contributed by atoms with Crippen LogP contribution in [0.4, 0.5) is 4.79 Å². The highest BCUT2D eigenvalue weighted by atomic mass is 35.5. The van der Waals surface area contributed by atoms with Gasteiger partial charge in [-0.05, 0) is 51.3 Å². The molecule has 0 N–H and O–H groups in total. The molecule has 0 aliphatic carbocycles. The summed E-state index contributed by atoms with van der Waals surface area (Å²) in [4.78, 5) is 21.8. The number of amides is 1. The van der Waals surface area contributed by atoms with Crippen molar-refractivity contribution >= 4 is 17.7 Å². The number of rotatable bonds is 4. The molecule has 0 spiro atoms. The van der Waals surface area contributed by atoms with Crippen LogP contribution in [0.25, 0.3) is 0 Å². The van der Waals surface area contributed by atoms with E-state index in [4.69, 9.17) is 21.1 Å². The van der Waals surface area contributed by atoms with Crippen LogP contribution in [0.1, 0.15) is 39.3 Å². The van der Waals surface area contributed by atoms with E-state index in [0.29, 0.717) is 19.8 Å². The van der Waals surface area contributed by atoms with Gasteiger partial charge in [0, 0.05) is 12.7 Å². The lowest BCUT2D eigenvalue weighted by Gasteiger charge is -2.28. The van der Waals surface area contributed by atoms with E-state index >= 15 is 0 Å². The molecule has 122 valence electrons. The Hall–Kier alpha value is -1.40. The number of carbonyl (C=O) groups excluding carboxylic acids is 1. The van der Waals surface area contributed by atoms with Gasteiger partial charge in [-0.15, -0.1) is 0 Å². The van der Waals surface area contributed by atoms with Crippen molar-refractivity contribution in [2.75, 3.05) is 13.2 Å². The minimum absolute atomic E-state index is 0.0483. The van der Waals surface area contributed by atoms with Crippen molar-refractivity contribution in [3.63, 3.8) is 0 Å². The fourth-order valence-corrected chi connectivity index (χ4v) is 2.48. The van der Waals surface area contributed by atoms with Gasteiger partial charge in [0.25, 0.3) is 0 Å². The summed E-state index contributed by atoms with van der Waals surface area (Å²) in [5, 5.41) is 0.206. The highest BCUT2D eigenvalue weighted by Gasteiger charge is 2.32. The molecule has 1 saturated heterocycles. The third kappa shape index (κ3) is 5.10. The van der Waals surface area contributed by atoms with Crippen molar-refractivity contribution in [1.82, 2.24) is 14.9 Å². The molecule has 0 bridgehead atoms. The van der Waals surface area contributed by atoms with Gasteiger partial charge < -0.3 is 14.4 Å². The molecule has 0 aromatic carbocycles. The maximum atomic E-state index is 12.2. The Morgan fingerprint density at radius 3 is 2.95 bits per heavy atom. The second-order valence-electron chi connectivity index (χ2n) is 6.30. The quantitative estimate of drug-likeness (QED) is 0.795. The summed E-state index contributed by atoms with van der Waals surface area (Å²) >= 11 is 5.73. The Bertz CT molecular complexity index is 519. The van der Waals surface area contributed by atoms with E-state index in [1.54, 1.807) is 17.2 Å². The number of hydrogen-bond donors (Lipinski definition) is 0. The molecule has 1 aliphatic rings. The molecule has 1 amide bonds. The largest absolute Gasteiger partial charge is 0.444 e. The normalized spacial score (nSPS) is 18.5. The third-order valence-corrected chi connectivity index (χ3v) is 3.43. The standard InChI is InChI=1S/C15H22ClN3O3/c1-15(2,3)22-14(20)19-8-4-5-12(19)10-21-9-11-6-7-17-13(16)18-11/h6-7,12H,4-5,8-10H2,1-3H3. The van der Waals surface area contributed by atoms with E-state index < -0.39 is 5.60 Å². The SMILES string of the molecule is CC(C)(C)OC(=O)N1CCCC1COCc1ccnc(Cl)n1. The Morgan fingerprint density at radius 2 is 2.27 bits per heavy atom. The van der Waals surface area contributed by atoms with E-state index in [9.17, 15) is 4.79 Å². The van der Waals surface area contributed by atoms with Crippen LogP contribution in [0.3, 0.4) is 0 Å². The summed E-state index contributed by atoms with van der Waals surface area (Å²) < 4.78 is 11.1. The second kappa shape index (κ2) is 7.24. The molecule has 1 aliphatic heterocycles. The highest BCUT2D eigenvalue weighted by Crippen LogP contribution is 2.21. The summed E-state index contributed by atoms with van der Waals surface area (Å²) in [6.07, 6.45) is 3.20. The number of ether oxygens (including phenoxy) is 2. The lowest BCUT2D eigenvalue weighted by atomic mass is 10.2. The van der Waals surface area contributed by atoms with Crippen LogP contribution in [0, 0.1) is 0 Å². The van der Waals surface area contributed by atoms with Crippen LogP contribution >= 0.6 is 11.6 Å². The first-order valence-corrected chi connectivity index (χ1v) is 7.78. The molecular formula is C15H22ClN3O3. The van der Waals surface area contributed by atoms with Gasteiger partial charge in [0.15, 0.2) is 0 Å². The average molecular weight is 328 g/mol. The Morgan fingerprint density at radius 1 is 1.50 bits per heavy atom. The summed E-state index contributed by atoms with van der Waals surface area (Å²) in [7, 11) is 0. The predicted octanol–water partition coefficient (Wildman–Crippen LogP) is 3.05. The molecule has 6 nitrogen and oxygen atoms in total. The lowest BCUT2D eigenvalue weighted by Crippen LogP contribution is -2.41. The van der Waals surface area contributed by atoms with Crippen LogP contribution in [0.2, 0.25) is 5.28 Å². The van der Waals surface area contributed by atoms with E-state index in [1.807, 2.05) is 20.8 Å². The predicted molar refractivity (Wildman–Crippen MR) is 82.7 cm³/mol. The molecule has 1 atom stereocenters. The van der Waals surface area contributed by atoms with Gasteiger partial charge >= 0.3 is 6.09 Å². The zero-order valence-electron chi connectivity index (χ0n) is 13.2. The number of halogens is 1. The van der Waals surface area contributed by atoms with Crippen molar-refractivity contribution in [2.24, 2.45) is 0 Å². The topological polar surface area (TPSA) is 64.5 Å². The van der Waals surface area contributed by atoms with Gasteiger partial charge in [-0.3, -0.25) is 0 Å². The van der Waals surface area contributed by atoms with E-state index in [2.05, 4.69) is 9.97 Å². The summed E-state index contributed by atoms with van der Waals surface area (Å²) in [5.41, 5.74) is 0.241. The van der Waals surface area contributed by atoms with Gasteiger partial charge in [-0.25, -0.2) is 14.8 Å². The van der Waals surface area contributed by atoms with Gasteiger partial charge in [0.2, 0.25) is 5.28 Å². The lowest BCUT2D eigenvalue weighted by molar-refractivity contribution is 0.00856. The van der Waals surface area contributed by atoms with Crippen molar-refractivity contribution in [2.45, 2.75) is 51.9 Å². The van der Waals surface area contributed by atoms with Crippen molar-refractivity contribution < 1.29 is 14.3 Å². The molecule has 0 radical (unpaired) electrons. The second-order valence-corrected chi connectivity index (χ2v) is 6.64. The molecule has 1 aromatic rings.